The maximum absolute atomic E-state index is 12.8. The molecule has 0 bridgehead atoms. The van der Waals surface area contributed by atoms with Gasteiger partial charge < -0.3 is 29.4 Å². The Kier molecular flexibility index (Phi) is 6.23. The minimum atomic E-state index is -0.534. The molecule has 0 saturated carbocycles. The van der Waals surface area contributed by atoms with Crippen LogP contribution in [-0.2, 0) is 7.05 Å². The molecule has 0 fully saturated rings. The highest BCUT2D eigenvalue weighted by atomic mass is 16.5. The van der Waals surface area contributed by atoms with Crippen molar-refractivity contribution in [2.45, 2.75) is 6.04 Å². The lowest BCUT2D eigenvalue weighted by Gasteiger charge is -2.21. The summed E-state index contributed by atoms with van der Waals surface area (Å²) in [4.78, 5) is 17.2. The van der Waals surface area contributed by atoms with E-state index in [1.54, 1.807) is 45.7 Å². The molecule has 0 spiro atoms. The number of anilines is 1. The number of aromatic nitrogens is 2. The van der Waals surface area contributed by atoms with Crippen molar-refractivity contribution < 1.29 is 19.0 Å². The van der Waals surface area contributed by atoms with Crippen LogP contribution in [0.1, 0.15) is 17.4 Å². The standard InChI is InChI=1S/C21H24N4O4/c1-25-10-9-22-20(25)19(14-11-15(27-2)13-16(12-14)28-3)24-21(26)23-17-7-5-6-8-18(17)29-4/h5-13,19H,1-4H3,(H2,23,24,26)/t19-/m0/s1. The average Bonchev–Trinajstić information content (AvgIpc) is 3.17. The van der Waals surface area contributed by atoms with Crippen LogP contribution in [0.2, 0.25) is 0 Å². The van der Waals surface area contributed by atoms with Gasteiger partial charge in [0.2, 0.25) is 0 Å². The first-order valence-corrected chi connectivity index (χ1v) is 8.96. The van der Waals surface area contributed by atoms with Gasteiger partial charge in [-0.2, -0.15) is 0 Å². The lowest BCUT2D eigenvalue weighted by atomic mass is 10.1. The second-order valence-corrected chi connectivity index (χ2v) is 6.27. The molecule has 0 aliphatic rings. The molecule has 152 valence electrons. The van der Waals surface area contributed by atoms with Crippen molar-refractivity contribution in [1.82, 2.24) is 14.9 Å². The molecule has 2 aromatic carbocycles. The number of imidazole rings is 1. The molecular weight excluding hydrogens is 372 g/mol. The zero-order valence-corrected chi connectivity index (χ0v) is 16.8. The number of methoxy groups -OCH3 is 3. The molecule has 2 N–H and O–H groups in total. The third-order valence-electron chi connectivity index (χ3n) is 4.45. The number of para-hydroxylation sites is 2. The topological polar surface area (TPSA) is 86.6 Å². The summed E-state index contributed by atoms with van der Waals surface area (Å²) in [5.41, 5.74) is 1.33. The molecule has 0 aliphatic carbocycles. The molecule has 1 heterocycles. The van der Waals surface area contributed by atoms with Crippen LogP contribution in [0.5, 0.6) is 17.2 Å². The number of hydrogen-bond donors (Lipinski definition) is 2. The zero-order valence-electron chi connectivity index (χ0n) is 16.8. The van der Waals surface area contributed by atoms with Gasteiger partial charge in [-0.15, -0.1) is 0 Å². The summed E-state index contributed by atoms with van der Waals surface area (Å²) in [5.74, 6) is 2.46. The van der Waals surface area contributed by atoms with E-state index in [9.17, 15) is 4.79 Å². The van der Waals surface area contributed by atoms with Gasteiger partial charge in [-0.1, -0.05) is 12.1 Å². The molecule has 1 atom stereocenters. The van der Waals surface area contributed by atoms with E-state index >= 15 is 0 Å². The number of benzene rings is 2. The highest BCUT2D eigenvalue weighted by Gasteiger charge is 2.23. The summed E-state index contributed by atoms with van der Waals surface area (Å²) >= 11 is 0. The fraction of sp³-hybridized carbons (Fsp3) is 0.238. The molecule has 2 amide bonds. The third-order valence-corrected chi connectivity index (χ3v) is 4.45. The monoisotopic (exact) mass is 396 g/mol. The maximum Gasteiger partial charge on any atom is 0.320 e. The summed E-state index contributed by atoms with van der Waals surface area (Å²) in [6, 6.07) is 11.7. The van der Waals surface area contributed by atoms with Crippen LogP contribution >= 0.6 is 0 Å². The Morgan fingerprint density at radius 3 is 2.31 bits per heavy atom. The van der Waals surface area contributed by atoms with Gasteiger partial charge in [-0.3, -0.25) is 0 Å². The predicted molar refractivity (Wildman–Crippen MR) is 110 cm³/mol. The van der Waals surface area contributed by atoms with E-state index in [2.05, 4.69) is 15.6 Å². The van der Waals surface area contributed by atoms with Crippen LogP contribution in [0.4, 0.5) is 10.5 Å². The second-order valence-electron chi connectivity index (χ2n) is 6.27. The fourth-order valence-electron chi connectivity index (χ4n) is 2.99. The Balaban J connectivity index is 1.93. The van der Waals surface area contributed by atoms with Crippen molar-refractivity contribution in [3.05, 3.63) is 66.2 Å². The summed E-state index contributed by atoms with van der Waals surface area (Å²) in [6.45, 7) is 0. The normalized spacial score (nSPS) is 11.4. The number of amides is 2. The van der Waals surface area contributed by atoms with Crippen molar-refractivity contribution in [2.24, 2.45) is 7.05 Å². The SMILES string of the molecule is COc1cc(OC)cc([C@H](NC(=O)Nc2ccccc2OC)c2nccn2C)c1. The predicted octanol–water partition coefficient (Wildman–Crippen LogP) is 3.36. The molecule has 3 aromatic rings. The number of urea groups is 1. The minimum Gasteiger partial charge on any atom is -0.497 e. The number of carbonyl (C=O) groups excluding carboxylic acids is 1. The number of nitrogens with one attached hydrogen (secondary N) is 2. The van der Waals surface area contributed by atoms with Crippen LogP contribution in [0.15, 0.2) is 54.9 Å². The number of aryl methyl sites for hydroxylation is 1. The molecule has 1 aromatic heterocycles. The van der Waals surface area contributed by atoms with Gasteiger partial charge in [-0.05, 0) is 29.8 Å². The van der Waals surface area contributed by atoms with E-state index in [1.807, 2.05) is 42.1 Å². The first-order chi connectivity index (χ1) is 14.0. The smallest absolute Gasteiger partial charge is 0.320 e. The van der Waals surface area contributed by atoms with Crippen molar-refractivity contribution in [1.29, 1.82) is 0 Å². The Morgan fingerprint density at radius 1 is 1.03 bits per heavy atom. The summed E-state index contributed by atoms with van der Waals surface area (Å²) < 4.78 is 17.9. The van der Waals surface area contributed by atoms with Crippen LogP contribution in [0.25, 0.3) is 0 Å². The largest absolute Gasteiger partial charge is 0.497 e. The van der Waals surface area contributed by atoms with E-state index < -0.39 is 12.1 Å². The van der Waals surface area contributed by atoms with E-state index in [0.717, 1.165) is 5.56 Å². The molecule has 8 heteroatoms. The van der Waals surface area contributed by atoms with Gasteiger partial charge in [0.15, 0.2) is 0 Å². The van der Waals surface area contributed by atoms with Crippen molar-refractivity contribution in [3.8, 4) is 17.2 Å². The van der Waals surface area contributed by atoms with Crippen LogP contribution in [0, 0.1) is 0 Å². The quantitative estimate of drug-likeness (QED) is 0.640. The zero-order chi connectivity index (χ0) is 20.8. The second kappa shape index (κ2) is 9.01. The molecule has 29 heavy (non-hydrogen) atoms. The molecule has 0 radical (unpaired) electrons. The average molecular weight is 396 g/mol. The molecule has 8 nitrogen and oxygen atoms in total. The van der Waals surface area contributed by atoms with Gasteiger partial charge in [0.25, 0.3) is 0 Å². The summed E-state index contributed by atoms with van der Waals surface area (Å²) in [6.07, 6.45) is 3.50. The number of rotatable bonds is 7. The van der Waals surface area contributed by atoms with Gasteiger partial charge in [0.1, 0.15) is 29.1 Å². The van der Waals surface area contributed by atoms with Gasteiger partial charge in [0.05, 0.1) is 27.0 Å². The molecule has 3 rings (SSSR count). The highest BCUT2D eigenvalue weighted by molar-refractivity contribution is 5.91. The Morgan fingerprint density at radius 2 is 1.72 bits per heavy atom. The molecule has 0 saturated heterocycles. The first-order valence-electron chi connectivity index (χ1n) is 8.96. The Bertz CT molecular complexity index is 964. The van der Waals surface area contributed by atoms with E-state index in [0.29, 0.717) is 28.8 Å². The highest BCUT2D eigenvalue weighted by Crippen LogP contribution is 2.30. The van der Waals surface area contributed by atoms with Crippen LogP contribution in [0.3, 0.4) is 0 Å². The lowest BCUT2D eigenvalue weighted by molar-refractivity contribution is 0.249. The van der Waals surface area contributed by atoms with E-state index in [-0.39, 0.29) is 0 Å². The number of nitrogens with zero attached hydrogens (tertiary/aromatic N) is 2. The van der Waals surface area contributed by atoms with Crippen LogP contribution < -0.4 is 24.8 Å². The summed E-state index contributed by atoms with van der Waals surface area (Å²) in [5, 5.41) is 5.80. The van der Waals surface area contributed by atoms with Crippen LogP contribution in [-0.4, -0.2) is 36.9 Å². The molecule has 0 aliphatic heterocycles. The van der Waals surface area contributed by atoms with E-state index in [1.165, 1.54) is 0 Å². The fourth-order valence-corrected chi connectivity index (χ4v) is 2.99. The maximum atomic E-state index is 12.8. The van der Waals surface area contributed by atoms with Crippen molar-refractivity contribution in [2.75, 3.05) is 26.6 Å². The van der Waals surface area contributed by atoms with E-state index in [4.69, 9.17) is 14.2 Å². The number of ether oxygens (including phenoxy) is 3. The number of hydrogen-bond acceptors (Lipinski definition) is 5. The summed E-state index contributed by atoms with van der Waals surface area (Å²) in [7, 11) is 6.58. The van der Waals surface area contributed by atoms with Gasteiger partial charge in [-0.25, -0.2) is 9.78 Å². The number of carbonyl (C=O) groups is 1. The molecular formula is C21H24N4O4. The van der Waals surface area contributed by atoms with Crippen molar-refractivity contribution in [3.63, 3.8) is 0 Å². The van der Waals surface area contributed by atoms with Gasteiger partial charge in [0, 0.05) is 25.5 Å². The Labute approximate surface area is 169 Å². The first kappa shape index (κ1) is 20.1. The van der Waals surface area contributed by atoms with Crippen molar-refractivity contribution >= 4 is 11.7 Å². The Hall–Kier alpha value is -3.68. The van der Waals surface area contributed by atoms with Gasteiger partial charge >= 0.3 is 6.03 Å². The lowest BCUT2D eigenvalue weighted by Crippen LogP contribution is -2.34. The minimum absolute atomic E-state index is 0.399. The third kappa shape index (κ3) is 4.60. The molecule has 0 unspecified atom stereocenters.